The molecule has 1 aliphatic carbocycles. The van der Waals surface area contributed by atoms with Gasteiger partial charge in [0.15, 0.2) is 0 Å². The van der Waals surface area contributed by atoms with Crippen molar-refractivity contribution in [2.45, 2.75) is 76.0 Å². The number of rotatable bonds is 8. The number of amides is 2. The molecule has 6 heteroatoms. The van der Waals surface area contributed by atoms with Crippen LogP contribution in [0, 0.1) is 6.92 Å². The molecular weight excluding hydrogens is 394 g/mol. The predicted molar refractivity (Wildman–Crippen MR) is 125 cm³/mol. The minimum atomic E-state index is -0.231. The lowest BCUT2D eigenvalue weighted by atomic mass is 9.79. The third kappa shape index (κ3) is 6.48. The molecule has 0 spiro atoms. The third-order valence-electron chi connectivity index (χ3n) is 6.79. The number of piperidine rings is 1. The van der Waals surface area contributed by atoms with Crippen LogP contribution in [0.25, 0.3) is 0 Å². The molecule has 1 aromatic carbocycles. The predicted octanol–water partition coefficient (Wildman–Crippen LogP) is 2.94. The van der Waals surface area contributed by atoms with Gasteiger partial charge < -0.3 is 15.5 Å². The second-order valence-electron chi connectivity index (χ2n) is 9.09. The highest BCUT2D eigenvalue weighted by molar-refractivity contribution is 8.01. The molecule has 1 saturated carbocycles. The van der Waals surface area contributed by atoms with Crippen molar-refractivity contribution in [3.05, 3.63) is 29.8 Å². The normalized spacial score (nSPS) is 20.3. The second-order valence-corrected chi connectivity index (χ2v) is 10.4. The van der Waals surface area contributed by atoms with Crippen LogP contribution in [-0.2, 0) is 9.59 Å². The smallest absolute Gasteiger partial charge is 0.234 e. The van der Waals surface area contributed by atoms with E-state index in [-0.39, 0.29) is 28.4 Å². The molecule has 1 heterocycles. The van der Waals surface area contributed by atoms with Gasteiger partial charge in [-0.05, 0) is 58.1 Å². The minimum absolute atomic E-state index is 0.0597. The Balaban J connectivity index is 1.45. The van der Waals surface area contributed by atoms with Gasteiger partial charge >= 0.3 is 0 Å². The van der Waals surface area contributed by atoms with Gasteiger partial charge in [0.1, 0.15) is 5.54 Å². The van der Waals surface area contributed by atoms with E-state index in [4.69, 9.17) is 0 Å². The summed E-state index contributed by atoms with van der Waals surface area (Å²) in [6.45, 7) is 7.20. The van der Waals surface area contributed by atoms with E-state index in [1.54, 1.807) is 4.90 Å². The average molecular weight is 433 g/mol. The van der Waals surface area contributed by atoms with Gasteiger partial charge in [-0.2, -0.15) is 0 Å². The summed E-state index contributed by atoms with van der Waals surface area (Å²) in [5, 5.41) is 5.93. The largest absolute Gasteiger partial charge is 0.349 e. The van der Waals surface area contributed by atoms with Crippen LogP contribution in [0.15, 0.2) is 24.3 Å². The Bertz CT molecular complexity index is 695. The fourth-order valence-electron chi connectivity index (χ4n) is 4.90. The van der Waals surface area contributed by atoms with Crippen LogP contribution in [0.1, 0.15) is 63.9 Å². The van der Waals surface area contributed by atoms with Gasteiger partial charge in [0.2, 0.25) is 11.8 Å². The quantitative estimate of drug-likeness (QED) is 0.592. The van der Waals surface area contributed by atoms with E-state index in [1.165, 1.54) is 76.2 Å². The number of quaternary nitrogens is 1. The molecule has 2 aliphatic rings. The number of anilines is 1. The maximum Gasteiger partial charge on any atom is 0.234 e. The summed E-state index contributed by atoms with van der Waals surface area (Å²) in [4.78, 5) is 26.7. The summed E-state index contributed by atoms with van der Waals surface area (Å²) in [5.74, 6) is 0.278. The molecule has 5 nitrogen and oxygen atoms in total. The van der Waals surface area contributed by atoms with Crippen molar-refractivity contribution < 1.29 is 14.5 Å². The molecule has 3 N–H and O–H groups in total. The number of carbonyl (C=O) groups excluding carboxylic acids is 2. The molecule has 3 rings (SSSR count). The summed E-state index contributed by atoms with van der Waals surface area (Å²) in [6.07, 6.45) is 10.3. The van der Waals surface area contributed by atoms with E-state index >= 15 is 0 Å². The molecule has 2 amide bonds. The van der Waals surface area contributed by atoms with Gasteiger partial charge in [-0.1, -0.05) is 24.1 Å². The van der Waals surface area contributed by atoms with Crippen LogP contribution >= 0.6 is 11.8 Å². The van der Waals surface area contributed by atoms with Crippen LogP contribution in [0.2, 0.25) is 0 Å². The number of likely N-dealkylation sites (tertiary alicyclic amines) is 1. The zero-order valence-corrected chi connectivity index (χ0v) is 19.4. The van der Waals surface area contributed by atoms with Crippen LogP contribution < -0.4 is 15.5 Å². The first kappa shape index (κ1) is 23.1. The molecule has 0 bridgehead atoms. The van der Waals surface area contributed by atoms with E-state index in [2.05, 4.69) is 10.6 Å². The summed E-state index contributed by atoms with van der Waals surface area (Å²) >= 11 is 1.41. The number of hydrogen-bond acceptors (Lipinski definition) is 3. The highest BCUT2D eigenvalue weighted by Crippen LogP contribution is 2.26. The summed E-state index contributed by atoms with van der Waals surface area (Å²) in [7, 11) is 0. The van der Waals surface area contributed by atoms with E-state index < -0.39 is 0 Å². The van der Waals surface area contributed by atoms with E-state index in [0.29, 0.717) is 0 Å². The van der Waals surface area contributed by atoms with Crippen molar-refractivity contribution in [2.75, 3.05) is 30.7 Å². The molecule has 30 heavy (non-hydrogen) atoms. The van der Waals surface area contributed by atoms with Gasteiger partial charge in [0.05, 0.1) is 30.6 Å². The fraction of sp³-hybridized carbons (Fsp3) is 0.667. The van der Waals surface area contributed by atoms with Gasteiger partial charge in [-0.3, -0.25) is 9.59 Å². The number of carbonyl (C=O) groups is 2. The molecule has 1 saturated heterocycles. The van der Waals surface area contributed by atoms with Gasteiger partial charge in [-0.15, -0.1) is 11.8 Å². The number of hydrogen-bond donors (Lipinski definition) is 3. The molecular formula is C24H38N3O2S+. The number of thioether (sulfide) groups is 1. The van der Waals surface area contributed by atoms with Crippen molar-refractivity contribution in [3.8, 4) is 0 Å². The van der Waals surface area contributed by atoms with Gasteiger partial charge in [0, 0.05) is 18.5 Å². The van der Waals surface area contributed by atoms with Crippen molar-refractivity contribution in [2.24, 2.45) is 0 Å². The first-order valence-electron chi connectivity index (χ1n) is 11.6. The number of benzene rings is 1. The fourth-order valence-corrected chi connectivity index (χ4v) is 5.61. The SMILES string of the molecule is Cc1ccc(NC(=O)CS[C@H](C)C(=O)NCC2([NH+]3CCCCC3)CCCCC2)cc1. The molecule has 1 aliphatic heterocycles. The molecule has 1 atom stereocenters. The average Bonchev–Trinajstić information content (AvgIpc) is 2.78. The van der Waals surface area contributed by atoms with E-state index in [1.807, 2.05) is 38.1 Å². The highest BCUT2D eigenvalue weighted by atomic mass is 32.2. The van der Waals surface area contributed by atoms with Crippen molar-refractivity contribution in [1.29, 1.82) is 0 Å². The minimum Gasteiger partial charge on any atom is -0.349 e. The number of aryl methyl sites for hydroxylation is 1. The third-order valence-corrected chi connectivity index (χ3v) is 7.93. The van der Waals surface area contributed by atoms with Crippen molar-refractivity contribution >= 4 is 29.3 Å². The molecule has 166 valence electrons. The Morgan fingerprint density at radius 3 is 2.33 bits per heavy atom. The van der Waals surface area contributed by atoms with Crippen LogP contribution in [-0.4, -0.2) is 48.0 Å². The van der Waals surface area contributed by atoms with E-state index in [9.17, 15) is 9.59 Å². The summed E-state index contributed by atoms with van der Waals surface area (Å²) < 4.78 is 0. The summed E-state index contributed by atoms with van der Waals surface area (Å²) in [5.41, 5.74) is 2.18. The molecule has 0 unspecified atom stereocenters. The summed E-state index contributed by atoms with van der Waals surface area (Å²) in [6, 6.07) is 7.76. The van der Waals surface area contributed by atoms with Crippen LogP contribution in [0.5, 0.6) is 0 Å². The Morgan fingerprint density at radius 2 is 1.67 bits per heavy atom. The first-order chi connectivity index (χ1) is 14.5. The lowest BCUT2D eigenvalue weighted by Gasteiger charge is -2.45. The van der Waals surface area contributed by atoms with Gasteiger partial charge in [-0.25, -0.2) is 0 Å². The standard InChI is InChI=1S/C24H37N3O2S/c1-19-9-11-21(12-10-19)26-22(28)17-30-20(2)23(29)25-18-24(13-5-3-6-14-24)27-15-7-4-8-16-27/h9-12,20H,3-8,13-18H2,1-2H3,(H,25,29)(H,26,28)/p+1/t20-/m1/s1. The lowest BCUT2D eigenvalue weighted by molar-refractivity contribution is -0.957. The lowest BCUT2D eigenvalue weighted by Crippen LogP contribution is -3.22. The number of nitrogens with one attached hydrogen (secondary N) is 3. The molecule has 1 aromatic rings. The van der Waals surface area contributed by atoms with Crippen molar-refractivity contribution in [1.82, 2.24) is 5.32 Å². The molecule has 2 fully saturated rings. The second kappa shape index (κ2) is 11.2. The maximum absolute atomic E-state index is 12.7. The zero-order valence-electron chi connectivity index (χ0n) is 18.6. The van der Waals surface area contributed by atoms with E-state index in [0.717, 1.165) is 17.8 Å². The van der Waals surface area contributed by atoms with Crippen molar-refractivity contribution in [3.63, 3.8) is 0 Å². The topological polar surface area (TPSA) is 62.6 Å². The van der Waals surface area contributed by atoms with Crippen LogP contribution in [0.4, 0.5) is 5.69 Å². The zero-order chi connectivity index (χ0) is 21.4. The van der Waals surface area contributed by atoms with Gasteiger partial charge in [0.25, 0.3) is 0 Å². The molecule has 0 radical (unpaired) electrons. The van der Waals surface area contributed by atoms with Crippen LogP contribution in [0.3, 0.4) is 0 Å². The maximum atomic E-state index is 12.7. The Kier molecular flexibility index (Phi) is 8.63. The highest BCUT2D eigenvalue weighted by Gasteiger charge is 2.42. The molecule has 0 aromatic heterocycles. The first-order valence-corrected chi connectivity index (χ1v) is 12.6. The Morgan fingerprint density at radius 1 is 1.03 bits per heavy atom. The monoisotopic (exact) mass is 432 g/mol. The Hall–Kier alpha value is -1.53. The Labute approximate surface area is 185 Å².